The van der Waals surface area contributed by atoms with E-state index in [-0.39, 0.29) is 16.5 Å². The van der Waals surface area contributed by atoms with Gasteiger partial charge in [0.15, 0.2) is 0 Å². The monoisotopic (exact) mass is 290 g/mol. The van der Waals surface area contributed by atoms with E-state index in [1.807, 2.05) is 0 Å². The number of halogens is 1. The maximum Gasteiger partial charge on any atom is 0.335 e. The molecular formula is C14H11ClN2O3. The molecule has 1 amide bonds. The Morgan fingerprint density at radius 2 is 1.65 bits per heavy atom. The van der Waals surface area contributed by atoms with E-state index in [0.29, 0.717) is 16.9 Å². The van der Waals surface area contributed by atoms with Gasteiger partial charge in [-0.3, -0.25) is 4.79 Å². The molecule has 2 aromatic rings. The fourth-order valence-corrected chi connectivity index (χ4v) is 1.81. The Bertz CT molecular complexity index is 669. The second-order valence-corrected chi connectivity index (χ2v) is 4.48. The van der Waals surface area contributed by atoms with Gasteiger partial charge in [0.05, 0.1) is 16.3 Å². The van der Waals surface area contributed by atoms with Crippen LogP contribution in [0.5, 0.6) is 0 Å². The van der Waals surface area contributed by atoms with Gasteiger partial charge in [-0.2, -0.15) is 0 Å². The molecule has 2 aromatic carbocycles. The van der Waals surface area contributed by atoms with Gasteiger partial charge < -0.3 is 16.2 Å². The summed E-state index contributed by atoms with van der Waals surface area (Å²) < 4.78 is 0. The first-order valence-corrected chi connectivity index (χ1v) is 6.05. The molecule has 0 atom stereocenters. The largest absolute Gasteiger partial charge is 0.478 e. The van der Waals surface area contributed by atoms with Gasteiger partial charge in [-0.1, -0.05) is 11.6 Å². The number of nitrogen functional groups attached to an aromatic ring is 1. The highest BCUT2D eigenvalue weighted by Crippen LogP contribution is 2.23. The number of nitrogens with one attached hydrogen (secondary N) is 1. The van der Waals surface area contributed by atoms with Crippen molar-refractivity contribution in [3.63, 3.8) is 0 Å². The molecule has 6 heteroatoms. The molecule has 0 aromatic heterocycles. The van der Waals surface area contributed by atoms with Gasteiger partial charge in [0.2, 0.25) is 0 Å². The number of hydrogen-bond acceptors (Lipinski definition) is 3. The number of nitrogens with two attached hydrogens (primary N) is 1. The Morgan fingerprint density at radius 1 is 1.05 bits per heavy atom. The number of benzene rings is 2. The van der Waals surface area contributed by atoms with Gasteiger partial charge in [0.1, 0.15) is 0 Å². The van der Waals surface area contributed by atoms with Crippen LogP contribution in [0.2, 0.25) is 5.02 Å². The second-order valence-electron chi connectivity index (χ2n) is 4.08. The average Bonchev–Trinajstić information content (AvgIpc) is 2.41. The molecule has 0 saturated carbocycles. The third-order valence-corrected chi connectivity index (χ3v) is 2.95. The second kappa shape index (κ2) is 5.63. The molecule has 20 heavy (non-hydrogen) atoms. The predicted molar refractivity (Wildman–Crippen MR) is 77.2 cm³/mol. The van der Waals surface area contributed by atoms with Crippen molar-refractivity contribution in [1.82, 2.24) is 0 Å². The zero-order valence-electron chi connectivity index (χ0n) is 10.3. The average molecular weight is 291 g/mol. The van der Waals surface area contributed by atoms with Crippen molar-refractivity contribution in [1.29, 1.82) is 0 Å². The molecule has 0 saturated heterocycles. The van der Waals surface area contributed by atoms with Gasteiger partial charge in [-0.05, 0) is 42.5 Å². The molecule has 0 aliphatic rings. The van der Waals surface area contributed by atoms with Crippen LogP contribution in [0.1, 0.15) is 20.7 Å². The van der Waals surface area contributed by atoms with Gasteiger partial charge >= 0.3 is 5.97 Å². The van der Waals surface area contributed by atoms with Crippen molar-refractivity contribution in [3.8, 4) is 0 Å². The number of aromatic carboxylic acids is 1. The highest BCUT2D eigenvalue weighted by Gasteiger charge is 2.10. The quantitative estimate of drug-likeness (QED) is 0.758. The number of anilines is 2. The highest BCUT2D eigenvalue weighted by atomic mass is 35.5. The predicted octanol–water partition coefficient (Wildman–Crippen LogP) is 2.87. The van der Waals surface area contributed by atoms with Gasteiger partial charge in [-0.25, -0.2) is 4.79 Å². The molecule has 0 fully saturated rings. The van der Waals surface area contributed by atoms with Crippen LogP contribution >= 0.6 is 11.6 Å². The summed E-state index contributed by atoms with van der Waals surface area (Å²) >= 11 is 5.93. The SMILES string of the molecule is Nc1ccc(C(=O)Nc2ccc(C(=O)O)cc2Cl)cc1. The summed E-state index contributed by atoms with van der Waals surface area (Å²) in [5, 5.41) is 11.6. The molecule has 0 heterocycles. The number of carbonyl (C=O) groups is 2. The Kier molecular flexibility index (Phi) is 3.91. The Hall–Kier alpha value is -2.53. The number of carboxylic acid groups (broad SMARTS) is 1. The van der Waals surface area contributed by atoms with Crippen LogP contribution in [0.15, 0.2) is 42.5 Å². The van der Waals surface area contributed by atoms with Gasteiger partial charge in [-0.15, -0.1) is 0 Å². The lowest BCUT2D eigenvalue weighted by atomic mass is 10.1. The van der Waals surface area contributed by atoms with E-state index in [2.05, 4.69) is 5.32 Å². The van der Waals surface area contributed by atoms with Crippen molar-refractivity contribution in [2.45, 2.75) is 0 Å². The van der Waals surface area contributed by atoms with Crippen LogP contribution in [-0.2, 0) is 0 Å². The molecule has 0 aliphatic heterocycles. The van der Waals surface area contributed by atoms with E-state index < -0.39 is 5.97 Å². The number of amides is 1. The summed E-state index contributed by atoms with van der Waals surface area (Å²) in [5.74, 6) is -1.43. The molecule has 5 nitrogen and oxygen atoms in total. The van der Waals surface area contributed by atoms with Crippen molar-refractivity contribution in [2.24, 2.45) is 0 Å². The molecule has 2 rings (SSSR count). The minimum atomic E-state index is -1.08. The number of hydrogen-bond donors (Lipinski definition) is 3. The summed E-state index contributed by atoms with van der Waals surface area (Å²) in [7, 11) is 0. The summed E-state index contributed by atoms with van der Waals surface area (Å²) in [6.07, 6.45) is 0. The number of rotatable bonds is 3. The highest BCUT2D eigenvalue weighted by molar-refractivity contribution is 6.34. The van der Waals surface area contributed by atoms with E-state index in [0.717, 1.165) is 0 Å². The first-order valence-electron chi connectivity index (χ1n) is 5.67. The first kappa shape index (κ1) is 13.9. The van der Waals surface area contributed by atoms with Crippen molar-refractivity contribution >= 4 is 34.9 Å². The lowest BCUT2D eigenvalue weighted by Gasteiger charge is -2.08. The van der Waals surface area contributed by atoms with E-state index in [1.165, 1.54) is 18.2 Å². The van der Waals surface area contributed by atoms with Crippen LogP contribution in [-0.4, -0.2) is 17.0 Å². The molecule has 0 unspecified atom stereocenters. The Morgan fingerprint density at radius 3 is 2.20 bits per heavy atom. The van der Waals surface area contributed by atoms with E-state index >= 15 is 0 Å². The van der Waals surface area contributed by atoms with E-state index in [4.69, 9.17) is 22.4 Å². The van der Waals surface area contributed by atoms with Gasteiger partial charge in [0.25, 0.3) is 5.91 Å². The summed E-state index contributed by atoms with van der Waals surface area (Å²) in [4.78, 5) is 22.8. The maximum absolute atomic E-state index is 12.0. The third kappa shape index (κ3) is 3.07. The van der Waals surface area contributed by atoms with Crippen molar-refractivity contribution in [3.05, 3.63) is 58.6 Å². The number of carboxylic acids is 1. The van der Waals surface area contributed by atoms with Crippen molar-refractivity contribution in [2.75, 3.05) is 11.1 Å². The molecule has 0 aliphatic carbocycles. The minimum Gasteiger partial charge on any atom is -0.478 e. The first-order chi connectivity index (χ1) is 9.47. The zero-order valence-corrected chi connectivity index (χ0v) is 11.0. The number of carbonyl (C=O) groups excluding carboxylic acids is 1. The lowest BCUT2D eigenvalue weighted by molar-refractivity contribution is 0.0696. The summed E-state index contributed by atoms with van der Waals surface area (Å²) in [6.45, 7) is 0. The van der Waals surface area contributed by atoms with E-state index in [9.17, 15) is 9.59 Å². The van der Waals surface area contributed by atoms with E-state index in [1.54, 1.807) is 24.3 Å². The lowest BCUT2D eigenvalue weighted by Crippen LogP contribution is -2.12. The smallest absolute Gasteiger partial charge is 0.335 e. The molecule has 0 spiro atoms. The molecular weight excluding hydrogens is 280 g/mol. The Labute approximate surface area is 120 Å². The summed E-state index contributed by atoms with van der Waals surface area (Å²) in [6, 6.07) is 10.5. The minimum absolute atomic E-state index is 0.0560. The van der Waals surface area contributed by atoms with Crippen LogP contribution in [0.3, 0.4) is 0 Å². The van der Waals surface area contributed by atoms with Crippen LogP contribution in [0.25, 0.3) is 0 Å². The van der Waals surface area contributed by atoms with Crippen LogP contribution < -0.4 is 11.1 Å². The maximum atomic E-state index is 12.0. The zero-order chi connectivity index (χ0) is 14.7. The van der Waals surface area contributed by atoms with Gasteiger partial charge in [0, 0.05) is 11.3 Å². The fourth-order valence-electron chi connectivity index (χ4n) is 1.58. The topological polar surface area (TPSA) is 92.4 Å². The molecule has 0 bridgehead atoms. The van der Waals surface area contributed by atoms with Crippen LogP contribution in [0, 0.1) is 0 Å². The summed E-state index contributed by atoms with van der Waals surface area (Å²) in [5.41, 5.74) is 6.93. The molecule has 4 N–H and O–H groups in total. The third-order valence-electron chi connectivity index (χ3n) is 2.64. The molecule has 0 radical (unpaired) electrons. The Balaban J connectivity index is 2.19. The van der Waals surface area contributed by atoms with Crippen molar-refractivity contribution < 1.29 is 14.7 Å². The fraction of sp³-hybridized carbons (Fsp3) is 0. The molecule has 102 valence electrons. The standard InChI is InChI=1S/C14H11ClN2O3/c15-11-7-9(14(19)20)3-6-12(11)17-13(18)8-1-4-10(16)5-2-8/h1-7H,16H2,(H,17,18)(H,19,20). The normalized spacial score (nSPS) is 10.1. The van der Waals surface area contributed by atoms with Crippen LogP contribution in [0.4, 0.5) is 11.4 Å².